The molecule has 7 heteroatoms. The summed E-state index contributed by atoms with van der Waals surface area (Å²) in [6.45, 7) is 3.72. The summed E-state index contributed by atoms with van der Waals surface area (Å²) in [5, 5.41) is 2.92. The van der Waals surface area contributed by atoms with E-state index in [1.54, 1.807) is 18.2 Å². The van der Waals surface area contributed by atoms with Crippen LogP contribution in [0.4, 0.5) is 5.69 Å². The maximum atomic E-state index is 12.7. The zero-order valence-electron chi connectivity index (χ0n) is 19.1. The zero-order chi connectivity index (χ0) is 23.3. The van der Waals surface area contributed by atoms with E-state index in [2.05, 4.69) is 10.3 Å². The molecule has 2 aromatic carbocycles. The summed E-state index contributed by atoms with van der Waals surface area (Å²) in [5.74, 6) is 1.16. The smallest absolute Gasteiger partial charge is 0.255 e. The third-order valence-electron chi connectivity index (χ3n) is 5.70. The summed E-state index contributed by atoms with van der Waals surface area (Å²) < 4.78 is 19.2. The number of anilines is 1. The van der Waals surface area contributed by atoms with Crippen molar-refractivity contribution in [3.63, 3.8) is 0 Å². The number of aromatic nitrogens is 2. The maximum Gasteiger partial charge on any atom is 0.255 e. The number of benzene rings is 2. The van der Waals surface area contributed by atoms with E-state index in [0.29, 0.717) is 30.2 Å². The lowest BCUT2D eigenvalue weighted by molar-refractivity contribution is 0.0679. The van der Waals surface area contributed by atoms with E-state index >= 15 is 0 Å². The highest BCUT2D eigenvalue weighted by atomic mass is 16.5. The normalized spacial score (nSPS) is 15.4. The van der Waals surface area contributed by atoms with Gasteiger partial charge in [0.05, 0.1) is 11.8 Å². The molecule has 5 rings (SSSR count). The highest BCUT2D eigenvalue weighted by Crippen LogP contribution is 2.20. The van der Waals surface area contributed by atoms with Crippen LogP contribution in [-0.2, 0) is 11.3 Å². The molecule has 7 nitrogen and oxygen atoms in total. The predicted octanol–water partition coefficient (Wildman–Crippen LogP) is 5.03. The van der Waals surface area contributed by atoms with Gasteiger partial charge in [-0.1, -0.05) is 12.1 Å². The summed E-state index contributed by atoms with van der Waals surface area (Å²) in [4.78, 5) is 17.3. The fourth-order valence-corrected chi connectivity index (χ4v) is 3.91. The molecule has 1 unspecified atom stereocenters. The van der Waals surface area contributed by atoms with Crippen LogP contribution in [0.3, 0.4) is 0 Å². The van der Waals surface area contributed by atoms with Crippen molar-refractivity contribution in [1.82, 2.24) is 9.38 Å². The van der Waals surface area contributed by atoms with Crippen molar-refractivity contribution in [3.05, 3.63) is 89.9 Å². The summed E-state index contributed by atoms with van der Waals surface area (Å²) in [5.41, 5.74) is 4.07. The molecular formula is C27H27N3O4. The van der Waals surface area contributed by atoms with Crippen molar-refractivity contribution >= 4 is 17.2 Å². The fraction of sp³-hybridized carbons (Fsp3) is 0.259. The molecule has 2 aromatic heterocycles. The topological polar surface area (TPSA) is 74.1 Å². The second kappa shape index (κ2) is 9.97. The molecular weight excluding hydrogens is 430 g/mol. The Labute approximate surface area is 198 Å². The molecule has 0 saturated carbocycles. The first kappa shape index (κ1) is 22.0. The Kier molecular flexibility index (Phi) is 6.44. The average molecular weight is 458 g/mol. The lowest BCUT2D eigenvalue weighted by atomic mass is 10.2. The molecule has 0 bridgehead atoms. The van der Waals surface area contributed by atoms with Gasteiger partial charge in [0.1, 0.15) is 30.4 Å². The van der Waals surface area contributed by atoms with E-state index in [1.165, 1.54) is 0 Å². The first-order chi connectivity index (χ1) is 16.6. The molecule has 4 aromatic rings. The minimum atomic E-state index is -0.207. The van der Waals surface area contributed by atoms with Gasteiger partial charge in [-0.25, -0.2) is 4.98 Å². The van der Waals surface area contributed by atoms with Crippen molar-refractivity contribution in [3.8, 4) is 11.5 Å². The van der Waals surface area contributed by atoms with Crippen LogP contribution in [0.15, 0.2) is 73.1 Å². The Bertz CT molecular complexity index is 1280. The van der Waals surface area contributed by atoms with Crippen molar-refractivity contribution < 1.29 is 19.0 Å². The number of hydrogen-bond donors (Lipinski definition) is 1. The fourth-order valence-electron chi connectivity index (χ4n) is 3.91. The number of imidazole rings is 1. The summed E-state index contributed by atoms with van der Waals surface area (Å²) in [6, 6.07) is 18.5. The minimum Gasteiger partial charge on any atom is -0.491 e. The third kappa shape index (κ3) is 5.38. The van der Waals surface area contributed by atoms with E-state index in [1.807, 2.05) is 66.2 Å². The molecule has 174 valence electrons. The summed E-state index contributed by atoms with van der Waals surface area (Å²) >= 11 is 0. The summed E-state index contributed by atoms with van der Waals surface area (Å²) in [6.07, 6.45) is 6.28. The van der Waals surface area contributed by atoms with Crippen LogP contribution >= 0.6 is 0 Å². The number of hydrogen-bond acceptors (Lipinski definition) is 5. The number of aryl methyl sites for hydroxylation is 1. The monoisotopic (exact) mass is 457 g/mol. The van der Waals surface area contributed by atoms with Crippen molar-refractivity contribution in [2.24, 2.45) is 0 Å². The molecule has 1 amide bonds. The van der Waals surface area contributed by atoms with Crippen molar-refractivity contribution in [1.29, 1.82) is 0 Å². The highest BCUT2D eigenvalue weighted by molar-refractivity contribution is 6.04. The van der Waals surface area contributed by atoms with E-state index in [4.69, 9.17) is 14.2 Å². The van der Waals surface area contributed by atoms with Crippen LogP contribution < -0.4 is 14.8 Å². The SMILES string of the molecule is Cc1ccc2nc(COc3cccc(C(=O)Nc4ccc(OCC5CCCO5)cc4)c3)cn2c1. The van der Waals surface area contributed by atoms with Gasteiger partial charge in [-0.05, 0) is 73.9 Å². The number of pyridine rings is 1. The van der Waals surface area contributed by atoms with Crippen molar-refractivity contribution in [2.75, 3.05) is 18.5 Å². The van der Waals surface area contributed by atoms with Gasteiger partial charge in [-0.2, -0.15) is 0 Å². The van der Waals surface area contributed by atoms with Crippen LogP contribution in [0.25, 0.3) is 5.65 Å². The molecule has 34 heavy (non-hydrogen) atoms. The molecule has 0 radical (unpaired) electrons. The van der Waals surface area contributed by atoms with Crippen LogP contribution in [0, 0.1) is 6.92 Å². The molecule has 0 aliphatic carbocycles. The Hall–Kier alpha value is -3.84. The maximum absolute atomic E-state index is 12.7. The number of carbonyl (C=O) groups excluding carboxylic acids is 1. The number of nitrogens with one attached hydrogen (secondary N) is 1. The second-order valence-corrected chi connectivity index (χ2v) is 8.45. The number of ether oxygens (including phenoxy) is 3. The number of nitrogens with zero attached hydrogens (tertiary/aromatic N) is 2. The van der Waals surface area contributed by atoms with E-state index in [-0.39, 0.29) is 12.0 Å². The van der Waals surface area contributed by atoms with Gasteiger partial charge in [0.15, 0.2) is 0 Å². The molecule has 1 N–H and O–H groups in total. The molecule has 1 aliphatic rings. The number of fused-ring (bicyclic) bond motifs is 1. The lowest BCUT2D eigenvalue weighted by Crippen LogP contribution is -2.16. The van der Waals surface area contributed by atoms with Crippen molar-refractivity contribution in [2.45, 2.75) is 32.5 Å². The standard InChI is InChI=1S/C27H27N3O4/c1-19-7-12-26-28-22(16-30(26)15-19)17-33-24-5-2-4-20(14-24)27(31)29-21-8-10-23(11-9-21)34-18-25-6-3-13-32-25/h2,4-5,7-12,14-16,25H,3,6,13,17-18H2,1H3,(H,29,31). The van der Waals surface area contributed by atoms with Gasteiger partial charge >= 0.3 is 0 Å². The van der Waals surface area contributed by atoms with Crippen LogP contribution in [-0.4, -0.2) is 34.6 Å². The molecule has 1 atom stereocenters. The largest absolute Gasteiger partial charge is 0.491 e. The second-order valence-electron chi connectivity index (χ2n) is 8.45. The van der Waals surface area contributed by atoms with Crippen LogP contribution in [0.5, 0.6) is 11.5 Å². The average Bonchev–Trinajstić information content (AvgIpc) is 3.52. The predicted molar refractivity (Wildman–Crippen MR) is 130 cm³/mol. The number of carbonyl (C=O) groups is 1. The third-order valence-corrected chi connectivity index (χ3v) is 5.70. The van der Waals surface area contributed by atoms with Gasteiger partial charge in [0.25, 0.3) is 5.91 Å². The van der Waals surface area contributed by atoms with Crippen LogP contribution in [0.1, 0.15) is 34.5 Å². The first-order valence-electron chi connectivity index (χ1n) is 11.5. The van der Waals surface area contributed by atoms with Gasteiger partial charge in [-0.3, -0.25) is 4.79 Å². The highest BCUT2D eigenvalue weighted by Gasteiger charge is 2.16. The van der Waals surface area contributed by atoms with Gasteiger partial charge < -0.3 is 23.9 Å². The van der Waals surface area contributed by atoms with Gasteiger partial charge in [0.2, 0.25) is 0 Å². The number of rotatable bonds is 8. The van der Waals surface area contributed by atoms with Gasteiger partial charge in [0, 0.05) is 30.3 Å². The molecule has 0 spiro atoms. The molecule has 1 saturated heterocycles. The molecule has 1 fully saturated rings. The Morgan fingerprint density at radius 3 is 2.79 bits per heavy atom. The lowest BCUT2D eigenvalue weighted by Gasteiger charge is -2.12. The quantitative estimate of drug-likeness (QED) is 0.402. The first-order valence-corrected chi connectivity index (χ1v) is 11.5. The summed E-state index contributed by atoms with van der Waals surface area (Å²) in [7, 11) is 0. The van der Waals surface area contributed by atoms with E-state index in [9.17, 15) is 4.79 Å². The van der Waals surface area contributed by atoms with E-state index < -0.39 is 0 Å². The Balaban J connectivity index is 1.16. The molecule has 3 heterocycles. The zero-order valence-corrected chi connectivity index (χ0v) is 19.1. The molecule has 1 aliphatic heterocycles. The van der Waals surface area contributed by atoms with Crippen LogP contribution in [0.2, 0.25) is 0 Å². The minimum absolute atomic E-state index is 0.172. The van der Waals surface area contributed by atoms with E-state index in [0.717, 1.165) is 42.1 Å². The number of amides is 1. The Morgan fingerprint density at radius 1 is 1.09 bits per heavy atom. The Morgan fingerprint density at radius 2 is 1.97 bits per heavy atom. The van der Waals surface area contributed by atoms with Gasteiger partial charge in [-0.15, -0.1) is 0 Å².